The summed E-state index contributed by atoms with van der Waals surface area (Å²) in [6.07, 6.45) is 1.23. The monoisotopic (exact) mass is 416 g/mol. The Bertz CT molecular complexity index is 966. The van der Waals surface area contributed by atoms with Crippen LogP contribution >= 0.6 is 11.6 Å². The Balaban J connectivity index is 2.30. The lowest BCUT2D eigenvalue weighted by atomic mass is 9.63. The van der Waals surface area contributed by atoms with Crippen molar-refractivity contribution in [2.45, 2.75) is 50.6 Å². The third-order valence-electron chi connectivity index (χ3n) is 5.53. The number of nitrogens with one attached hydrogen (secondary N) is 1. The lowest BCUT2D eigenvalue weighted by molar-refractivity contribution is -0.109. The summed E-state index contributed by atoms with van der Waals surface area (Å²) in [6, 6.07) is 11.1. The first-order valence-corrected chi connectivity index (χ1v) is 9.84. The van der Waals surface area contributed by atoms with Gasteiger partial charge in [-0.3, -0.25) is 0 Å². The van der Waals surface area contributed by atoms with Gasteiger partial charge in [-0.25, -0.2) is 8.78 Å². The fraction of sp³-hybridized carbons (Fsp3) is 0.391. The summed E-state index contributed by atoms with van der Waals surface area (Å²) in [5.41, 5.74) is -0.986. The molecular formula is C23H23ClF2N2O. The van der Waals surface area contributed by atoms with Gasteiger partial charge in [-0.05, 0) is 41.7 Å². The molecule has 0 unspecified atom stereocenters. The number of benzene rings is 2. The van der Waals surface area contributed by atoms with Crippen LogP contribution in [0.4, 0.5) is 8.78 Å². The molecule has 1 N–H and O–H groups in total. The summed E-state index contributed by atoms with van der Waals surface area (Å²) in [5, 5.41) is 13.9. The van der Waals surface area contributed by atoms with Crippen LogP contribution in [0.1, 0.15) is 44.2 Å². The first-order valence-electron chi connectivity index (χ1n) is 9.46. The predicted molar refractivity (Wildman–Crippen MR) is 109 cm³/mol. The second-order valence-corrected chi connectivity index (χ2v) is 9.22. The molecule has 4 atom stereocenters. The Hall–Kier alpha value is -2.29. The van der Waals surface area contributed by atoms with E-state index in [1.807, 2.05) is 20.8 Å². The van der Waals surface area contributed by atoms with Crippen LogP contribution < -0.4 is 5.32 Å². The van der Waals surface area contributed by atoms with E-state index in [4.69, 9.17) is 11.6 Å². The summed E-state index contributed by atoms with van der Waals surface area (Å²) in [5.74, 6) is -1.86. The number of nitrogens with zero attached hydrogens (tertiary/aromatic N) is 1. The van der Waals surface area contributed by atoms with Crippen molar-refractivity contribution in [3.05, 3.63) is 70.2 Å². The molecule has 1 heterocycles. The Labute approximate surface area is 174 Å². The smallest absolute Gasteiger partial charge is 0.137 e. The van der Waals surface area contributed by atoms with Gasteiger partial charge in [0, 0.05) is 22.5 Å². The van der Waals surface area contributed by atoms with Gasteiger partial charge in [0.15, 0.2) is 0 Å². The first kappa shape index (κ1) is 21.4. The molecule has 2 aromatic rings. The molecule has 3 nitrogen and oxygen atoms in total. The highest BCUT2D eigenvalue weighted by Crippen LogP contribution is 2.51. The molecular weight excluding hydrogens is 394 g/mol. The van der Waals surface area contributed by atoms with Gasteiger partial charge >= 0.3 is 0 Å². The summed E-state index contributed by atoms with van der Waals surface area (Å²) >= 11 is 5.94. The number of nitriles is 1. The molecule has 0 aliphatic carbocycles. The van der Waals surface area contributed by atoms with E-state index in [1.165, 1.54) is 36.4 Å². The topological polar surface area (TPSA) is 52.9 Å². The van der Waals surface area contributed by atoms with Crippen molar-refractivity contribution in [1.29, 1.82) is 5.26 Å². The fourth-order valence-electron chi connectivity index (χ4n) is 4.47. The van der Waals surface area contributed by atoms with Gasteiger partial charge in [0.25, 0.3) is 0 Å². The van der Waals surface area contributed by atoms with Crippen LogP contribution in [0.2, 0.25) is 5.02 Å². The van der Waals surface area contributed by atoms with Crippen molar-refractivity contribution in [3.63, 3.8) is 0 Å². The van der Waals surface area contributed by atoms with Crippen LogP contribution in [-0.4, -0.2) is 18.4 Å². The van der Waals surface area contributed by atoms with E-state index in [0.29, 0.717) is 12.0 Å². The van der Waals surface area contributed by atoms with Gasteiger partial charge in [0.1, 0.15) is 23.3 Å². The second kappa shape index (κ2) is 7.85. The Morgan fingerprint density at radius 1 is 1.24 bits per heavy atom. The highest BCUT2D eigenvalue weighted by atomic mass is 35.5. The standard InChI is InChI=1S/C23H23ClF2N2O/c1-22(2,3)11-20-23(13-27,17-8-7-15(24)10-18(17)26)21(19(12-29)28-20)14-5-4-6-16(25)9-14/h4-10,12,19-21,28H,11H2,1-3H3/t19-,20-,21-,23-/m0/s1. The molecule has 1 aliphatic rings. The molecule has 0 bridgehead atoms. The lowest BCUT2D eigenvalue weighted by Crippen LogP contribution is -2.44. The largest absolute Gasteiger partial charge is 0.302 e. The molecule has 0 amide bonds. The minimum Gasteiger partial charge on any atom is -0.302 e. The zero-order valence-electron chi connectivity index (χ0n) is 16.5. The summed E-state index contributed by atoms with van der Waals surface area (Å²) in [7, 11) is 0. The fourth-order valence-corrected chi connectivity index (χ4v) is 4.63. The van der Waals surface area contributed by atoms with E-state index in [0.717, 1.165) is 6.29 Å². The van der Waals surface area contributed by atoms with E-state index in [-0.39, 0.29) is 16.0 Å². The summed E-state index contributed by atoms with van der Waals surface area (Å²) < 4.78 is 29.1. The van der Waals surface area contributed by atoms with Crippen LogP contribution in [0.25, 0.3) is 0 Å². The van der Waals surface area contributed by atoms with Crippen LogP contribution in [-0.2, 0) is 10.2 Å². The molecule has 1 fully saturated rings. The second-order valence-electron chi connectivity index (χ2n) is 8.78. The van der Waals surface area contributed by atoms with Crippen molar-refractivity contribution >= 4 is 17.9 Å². The Morgan fingerprint density at radius 3 is 2.52 bits per heavy atom. The van der Waals surface area contributed by atoms with Gasteiger partial charge < -0.3 is 10.1 Å². The van der Waals surface area contributed by atoms with Crippen LogP contribution in [0, 0.1) is 28.4 Å². The van der Waals surface area contributed by atoms with E-state index < -0.39 is 35.1 Å². The maximum atomic E-state index is 15.1. The molecule has 0 spiro atoms. The number of aldehydes is 1. The van der Waals surface area contributed by atoms with Crippen molar-refractivity contribution in [3.8, 4) is 6.07 Å². The number of rotatable bonds is 4. The summed E-state index contributed by atoms with van der Waals surface area (Å²) in [4.78, 5) is 12.0. The van der Waals surface area contributed by atoms with Gasteiger partial charge in [0.2, 0.25) is 0 Å². The SMILES string of the molecule is CC(C)(C)C[C@@H]1N[C@@H](C=O)[C@H](c2cccc(F)c2)[C@@]1(C#N)c1ccc(Cl)cc1F. The molecule has 29 heavy (non-hydrogen) atoms. The average molecular weight is 417 g/mol. The van der Waals surface area contributed by atoms with Crippen molar-refractivity contribution in [2.75, 3.05) is 0 Å². The molecule has 0 radical (unpaired) electrons. The Morgan fingerprint density at radius 2 is 1.97 bits per heavy atom. The minimum absolute atomic E-state index is 0.157. The number of carbonyl (C=O) groups is 1. The molecule has 1 aliphatic heterocycles. The minimum atomic E-state index is -1.42. The van der Waals surface area contributed by atoms with Gasteiger partial charge in [0.05, 0.1) is 12.1 Å². The van der Waals surface area contributed by atoms with E-state index in [9.17, 15) is 14.4 Å². The highest BCUT2D eigenvalue weighted by molar-refractivity contribution is 6.30. The van der Waals surface area contributed by atoms with Crippen LogP contribution in [0.15, 0.2) is 42.5 Å². The van der Waals surface area contributed by atoms with E-state index >= 15 is 4.39 Å². The number of carbonyl (C=O) groups excluding carboxylic acids is 1. The molecule has 0 saturated carbocycles. The Kier molecular flexibility index (Phi) is 5.80. The molecule has 6 heteroatoms. The van der Waals surface area contributed by atoms with E-state index in [2.05, 4.69) is 11.4 Å². The maximum Gasteiger partial charge on any atom is 0.137 e. The molecule has 152 valence electrons. The number of hydrogen-bond acceptors (Lipinski definition) is 3. The van der Waals surface area contributed by atoms with Gasteiger partial charge in [-0.1, -0.05) is 50.6 Å². The zero-order chi connectivity index (χ0) is 21.4. The van der Waals surface area contributed by atoms with Gasteiger partial charge in [-0.15, -0.1) is 0 Å². The van der Waals surface area contributed by atoms with E-state index in [1.54, 1.807) is 6.07 Å². The third kappa shape index (κ3) is 3.92. The molecule has 1 saturated heterocycles. The van der Waals surface area contributed by atoms with Crippen molar-refractivity contribution < 1.29 is 13.6 Å². The number of hydrogen-bond donors (Lipinski definition) is 1. The average Bonchev–Trinajstić information content (AvgIpc) is 2.94. The predicted octanol–water partition coefficient (Wildman–Crippen LogP) is 5.14. The molecule has 2 aromatic carbocycles. The first-order chi connectivity index (χ1) is 13.6. The zero-order valence-corrected chi connectivity index (χ0v) is 17.3. The van der Waals surface area contributed by atoms with Crippen molar-refractivity contribution in [1.82, 2.24) is 5.32 Å². The van der Waals surface area contributed by atoms with Crippen LogP contribution in [0.3, 0.4) is 0 Å². The summed E-state index contributed by atoms with van der Waals surface area (Å²) in [6.45, 7) is 6.04. The lowest BCUT2D eigenvalue weighted by Gasteiger charge is -2.37. The molecule has 0 aromatic heterocycles. The van der Waals surface area contributed by atoms with Crippen LogP contribution in [0.5, 0.6) is 0 Å². The number of halogens is 3. The van der Waals surface area contributed by atoms with Gasteiger partial charge in [-0.2, -0.15) is 5.26 Å². The molecule has 3 rings (SSSR count). The maximum absolute atomic E-state index is 15.1. The quantitative estimate of drug-likeness (QED) is 0.702. The van der Waals surface area contributed by atoms with Crippen molar-refractivity contribution in [2.24, 2.45) is 5.41 Å². The third-order valence-corrected chi connectivity index (χ3v) is 5.76. The highest BCUT2D eigenvalue weighted by Gasteiger charge is 2.58. The normalized spacial score (nSPS) is 26.9.